The van der Waals surface area contributed by atoms with E-state index in [1.165, 1.54) is 12.1 Å². The Labute approximate surface area is 112 Å². The molecule has 1 aromatic carbocycles. The smallest absolute Gasteiger partial charge is 0.339 e. The molecule has 0 bridgehead atoms. The van der Waals surface area contributed by atoms with Crippen molar-refractivity contribution in [2.75, 3.05) is 0 Å². The van der Waals surface area contributed by atoms with Crippen molar-refractivity contribution in [1.29, 1.82) is 0 Å². The van der Waals surface area contributed by atoms with Crippen LogP contribution in [0.25, 0.3) is 0 Å². The maximum absolute atomic E-state index is 10.3. The Bertz CT molecular complexity index is 338. The molecule has 0 aliphatic rings. The summed E-state index contributed by atoms with van der Waals surface area (Å²) in [5.41, 5.74) is -0.0671. The molecule has 0 amide bonds. The average Bonchev–Trinajstić information content (AvgIpc) is 2.03. The van der Waals surface area contributed by atoms with Crippen molar-refractivity contribution in [2.45, 2.75) is 0 Å². The topological polar surface area (TPSA) is 124 Å². The van der Waals surface area contributed by atoms with Gasteiger partial charge in [-0.05, 0) is 12.1 Å². The molecule has 1 aromatic rings. The molecule has 1 radical (unpaired) electrons. The van der Waals surface area contributed by atoms with E-state index in [1.54, 1.807) is 12.1 Å². The van der Waals surface area contributed by atoms with Crippen molar-refractivity contribution >= 4 is 5.97 Å². The zero-order valence-corrected chi connectivity index (χ0v) is 11.0. The van der Waals surface area contributed by atoms with E-state index in [1.807, 2.05) is 0 Å². The minimum atomic E-state index is -1.75. The number of carboxylic acid groups (broad SMARTS) is 1. The van der Waals surface area contributed by atoms with Gasteiger partial charge in [-0.15, -0.1) is 0 Å². The van der Waals surface area contributed by atoms with Crippen molar-refractivity contribution in [3.8, 4) is 5.75 Å². The fourth-order valence-electron chi connectivity index (χ4n) is 0.654. The molecule has 79 valence electrons. The van der Waals surface area contributed by atoms with Crippen LogP contribution in [0.4, 0.5) is 0 Å². The third kappa shape index (κ3) is 7.92. The van der Waals surface area contributed by atoms with E-state index in [4.69, 9.17) is 25.5 Å². The minimum Gasteiger partial charge on any atom is -0.507 e. The molecule has 0 spiro atoms. The Hall–Kier alpha value is -1.12. The van der Waals surface area contributed by atoms with Crippen LogP contribution in [0.5, 0.6) is 5.75 Å². The van der Waals surface area contributed by atoms with E-state index >= 15 is 0 Å². The van der Waals surface area contributed by atoms with Gasteiger partial charge in [0.2, 0.25) is 0 Å². The van der Waals surface area contributed by atoms with Gasteiger partial charge in [0.05, 0.1) is 5.09 Å². The number of carboxylic acids is 1. The van der Waals surface area contributed by atoms with Crippen LogP contribution in [0.15, 0.2) is 24.3 Å². The van der Waals surface area contributed by atoms with E-state index in [-0.39, 0.29) is 46.9 Å². The van der Waals surface area contributed by atoms with E-state index in [9.17, 15) is 4.79 Å². The number of aromatic hydroxyl groups is 1. The monoisotopic (exact) mass is 339 g/mol. The molecule has 0 unspecified atom stereocenters. The first kappa shape index (κ1) is 16.3. The maximum Gasteiger partial charge on any atom is 0.339 e. The Morgan fingerprint density at radius 2 is 1.67 bits per heavy atom. The molecule has 0 saturated heterocycles. The fourth-order valence-corrected chi connectivity index (χ4v) is 0.654. The van der Waals surface area contributed by atoms with Gasteiger partial charge in [0.25, 0.3) is 0 Å². The van der Waals surface area contributed by atoms with Crippen molar-refractivity contribution in [3.05, 3.63) is 45.2 Å². The number of phenols is 1. The second-order valence-electron chi connectivity index (χ2n) is 2.05. The van der Waals surface area contributed by atoms with E-state index < -0.39 is 11.1 Å². The summed E-state index contributed by atoms with van der Waals surface area (Å²) >= 11 is 0. The van der Waals surface area contributed by atoms with E-state index in [0.29, 0.717) is 0 Å². The average molecular weight is 339 g/mol. The number of benzene rings is 1. The molecule has 15 heavy (non-hydrogen) atoms. The van der Waals surface area contributed by atoms with Crippen LogP contribution in [-0.2, 0) is 0 Å². The zero-order chi connectivity index (χ0) is 11.1. The maximum atomic E-state index is 10.3. The minimum absolute atomic E-state index is 0. The van der Waals surface area contributed by atoms with Crippen molar-refractivity contribution in [1.82, 2.24) is 0 Å². The van der Waals surface area contributed by atoms with Gasteiger partial charge in [-0.2, -0.15) is 0 Å². The summed E-state index contributed by atoms with van der Waals surface area (Å²) in [6, 6.07) is 5.81. The number of aromatic carboxylic acids is 1. The summed E-state index contributed by atoms with van der Waals surface area (Å²) in [6.45, 7) is 0. The van der Waals surface area contributed by atoms with Gasteiger partial charge in [-0.1, -0.05) is 12.1 Å². The van der Waals surface area contributed by atoms with Gasteiger partial charge in [-0.25, -0.2) is 4.79 Å². The molecule has 0 atom stereocenters. The van der Waals surface area contributed by atoms with Gasteiger partial charge in [-0.3, -0.25) is 0 Å². The van der Waals surface area contributed by atoms with Gasteiger partial charge >= 0.3 is 5.97 Å². The molecule has 7 nitrogen and oxygen atoms in total. The van der Waals surface area contributed by atoms with Crippen molar-refractivity contribution in [2.24, 2.45) is 0 Å². The first-order valence-corrected chi connectivity index (χ1v) is 3.28. The molecule has 0 saturated carbocycles. The summed E-state index contributed by atoms with van der Waals surface area (Å²) < 4.78 is 0. The summed E-state index contributed by atoms with van der Waals surface area (Å²) in [5, 5.41) is 32.1. The number of hydrogen-bond acceptors (Lipinski definition) is 5. The zero-order valence-electron chi connectivity index (χ0n) is 7.36. The van der Waals surface area contributed by atoms with Gasteiger partial charge < -0.3 is 25.5 Å². The molecular formula is C7H6LaNO6-. The van der Waals surface area contributed by atoms with Crippen LogP contribution >= 0.6 is 0 Å². The summed E-state index contributed by atoms with van der Waals surface area (Å²) in [5.74, 6) is -1.31. The third-order valence-electron chi connectivity index (χ3n) is 1.13. The predicted molar refractivity (Wildman–Crippen MR) is 45.4 cm³/mol. The first-order chi connectivity index (χ1) is 6.45. The number of hydrogen-bond donors (Lipinski definition) is 2. The molecule has 0 aliphatic carbocycles. The molecule has 0 aromatic heterocycles. The van der Waals surface area contributed by atoms with Crippen LogP contribution in [0.2, 0.25) is 0 Å². The number of para-hydroxylation sites is 1. The fraction of sp³-hybridized carbons (Fsp3) is 0. The largest absolute Gasteiger partial charge is 0.507 e. The van der Waals surface area contributed by atoms with Gasteiger partial charge in [0.1, 0.15) is 11.3 Å². The second kappa shape index (κ2) is 8.21. The molecule has 0 fully saturated rings. The Morgan fingerprint density at radius 1 is 1.27 bits per heavy atom. The third-order valence-corrected chi connectivity index (χ3v) is 1.13. The Morgan fingerprint density at radius 3 is 1.93 bits per heavy atom. The van der Waals surface area contributed by atoms with Crippen molar-refractivity contribution < 1.29 is 55.7 Å². The Balaban J connectivity index is 0. The van der Waals surface area contributed by atoms with E-state index in [0.717, 1.165) is 0 Å². The van der Waals surface area contributed by atoms with Crippen LogP contribution < -0.4 is 0 Å². The molecule has 0 aliphatic heterocycles. The molecule has 2 N–H and O–H groups in total. The van der Waals surface area contributed by atoms with E-state index in [2.05, 4.69) is 0 Å². The van der Waals surface area contributed by atoms with Crippen LogP contribution in [0.1, 0.15) is 10.4 Å². The molecule has 1 rings (SSSR count). The summed E-state index contributed by atoms with van der Waals surface area (Å²) in [7, 11) is 0. The standard InChI is InChI=1S/C7H6O3.La.NO3/c8-6-4-2-1-3-5(6)7(9)10;;2-1(3)4/h1-4,8H,(H,9,10);;/q;;-1. The van der Waals surface area contributed by atoms with Crippen LogP contribution in [0, 0.1) is 50.9 Å². The Kier molecular flexibility index (Phi) is 8.94. The van der Waals surface area contributed by atoms with Crippen LogP contribution in [-0.4, -0.2) is 21.3 Å². The van der Waals surface area contributed by atoms with Gasteiger partial charge in [0.15, 0.2) is 0 Å². The second-order valence-corrected chi connectivity index (χ2v) is 2.05. The van der Waals surface area contributed by atoms with Crippen molar-refractivity contribution in [3.63, 3.8) is 0 Å². The number of nitrogens with zero attached hydrogens (tertiary/aromatic N) is 1. The predicted octanol–water partition coefficient (Wildman–Crippen LogP) is 0.851. The summed E-state index contributed by atoms with van der Waals surface area (Å²) in [4.78, 5) is 18.5. The number of carbonyl (C=O) groups is 1. The molecule has 8 heteroatoms. The molecule has 0 heterocycles. The first-order valence-electron chi connectivity index (χ1n) is 3.28. The van der Waals surface area contributed by atoms with Gasteiger partial charge in [0, 0.05) is 35.6 Å². The SMILES string of the molecule is O=C(O)c1ccccc1O.O=[N+]([O-])[O-].[La]. The number of rotatable bonds is 1. The quantitative estimate of drug-likeness (QED) is 0.577. The normalized spacial score (nSPS) is 7.73. The summed E-state index contributed by atoms with van der Waals surface area (Å²) in [6.07, 6.45) is 0. The van der Waals surface area contributed by atoms with Crippen LogP contribution in [0.3, 0.4) is 0 Å². The molecular weight excluding hydrogens is 333 g/mol.